The van der Waals surface area contributed by atoms with Gasteiger partial charge in [-0.05, 0) is 32.2 Å². The molecule has 2 aromatic rings. The fourth-order valence-corrected chi connectivity index (χ4v) is 3.19. The summed E-state index contributed by atoms with van der Waals surface area (Å²) in [7, 11) is 1.74. The molecule has 8 heteroatoms. The molecule has 2 heterocycles. The Morgan fingerprint density at radius 3 is 2.62 bits per heavy atom. The molecule has 0 aliphatic rings. The molecular formula is C16H23N5O2S. The summed E-state index contributed by atoms with van der Waals surface area (Å²) in [6.45, 7) is 7.22. The Morgan fingerprint density at radius 1 is 1.33 bits per heavy atom. The molecule has 7 nitrogen and oxygen atoms in total. The molecular weight excluding hydrogens is 326 g/mol. The molecule has 0 radical (unpaired) electrons. The minimum absolute atomic E-state index is 0.0378. The normalized spacial score (nSPS) is 12.0. The smallest absolute Gasteiger partial charge is 0.276 e. The largest absolute Gasteiger partial charge is 0.342 e. The van der Waals surface area contributed by atoms with E-state index in [0.717, 1.165) is 4.88 Å². The molecule has 0 aliphatic heterocycles. The van der Waals surface area contributed by atoms with Gasteiger partial charge in [0.1, 0.15) is 6.54 Å². The van der Waals surface area contributed by atoms with Gasteiger partial charge >= 0.3 is 0 Å². The second-order valence-corrected chi connectivity index (χ2v) is 6.45. The maximum absolute atomic E-state index is 12.5. The number of amides is 2. The number of nitrogens with zero attached hydrogens (tertiary/aromatic N) is 5. The lowest BCUT2D eigenvalue weighted by molar-refractivity contribution is -0.131. The van der Waals surface area contributed by atoms with Crippen molar-refractivity contribution in [3.8, 4) is 0 Å². The van der Waals surface area contributed by atoms with Gasteiger partial charge in [-0.15, -0.1) is 16.4 Å². The minimum atomic E-state index is -0.211. The molecule has 0 saturated heterocycles. The highest BCUT2D eigenvalue weighted by Crippen LogP contribution is 2.24. The van der Waals surface area contributed by atoms with E-state index in [1.54, 1.807) is 28.2 Å². The number of carbonyl (C=O) groups is 2. The van der Waals surface area contributed by atoms with Gasteiger partial charge in [0.2, 0.25) is 5.91 Å². The molecule has 0 bridgehead atoms. The van der Waals surface area contributed by atoms with Crippen LogP contribution in [0.25, 0.3) is 0 Å². The predicted molar refractivity (Wildman–Crippen MR) is 92.8 cm³/mol. The van der Waals surface area contributed by atoms with E-state index in [-0.39, 0.29) is 30.1 Å². The molecule has 0 N–H and O–H groups in total. The van der Waals surface area contributed by atoms with E-state index in [1.165, 1.54) is 10.9 Å². The third-order valence-electron chi connectivity index (χ3n) is 4.03. The van der Waals surface area contributed by atoms with Gasteiger partial charge in [-0.3, -0.25) is 9.59 Å². The lowest BCUT2D eigenvalue weighted by Gasteiger charge is -2.22. The van der Waals surface area contributed by atoms with Crippen LogP contribution in [0.4, 0.5) is 0 Å². The summed E-state index contributed by atoms with van der Waals surface area (Å²) in [4.78, 5) is 29.1. The quantitative estimate of drug-likeness (QED) is 0.767. The number of hydrogen-bond acceptors (Lipinski definition) is 5. The van der Waals surface area contributed by atoms with E-state index in [2.05, 4.69) is 10.3 Å². The fourth-order valence-electron chi connectivity index (χ4n) is 2.36. The average molecular weight is 349 g/mol. The Kier molecular flexibility index (Phi) is 6.08. The molecule has 1 atom stereocenters. The number of rotatable bonds is 7. The van der Waals surface area contributed by atoms with Crippen molar-refractivity contribution in [1.82, 2.24) is 24.8 Å². The molecule has 130 valence electrons. The summed E-state index contributed by atoms with van der Waals surface area (Å²) in [5.41, 5.74) is 0.244. The van der Waals surface area contributed by atoms with Gasteiger partial charge in [0.15, 0.2) is 5.69 Å². The third kappa shape index (κ3) is 4.00. The second-order valence-electron chi connectivity index (χ2n) is 5.47. The van der Waals surface area contributed by atoms with E-state index in [0.29, 0.717) is 13.1 Å². The van der Waals surface area contributed by atoms with Gasteiger partial charge in [0.25, 0.3) is 5.91 Å². The van der Waals surface area contributed by atoms with Gasteiger partial charge in [0.05, 0.1) is 12.2 Å². The van der Waals surface area contributed by atoms with Crippen molar-refractivity contribution in [3.05, 3.63) is 34.3 Å². The molecule has 0 aromatic carbocycles. The maximum Gasteiger partial charge on any atom is 0.276 e. The lowest BCUT2D eigenvalue weighted by Crippen LogP contribution is -2.33. The topological polar surface area (TPSA) is 71.3 Å². The molecule has 0 unspecified atom stereocenters. The number of aromatic nitrogens is 3. The van der Waals surface area contributed by atoms with E-state index in [4.69, 9.17) is 0 Å². The molecule has 2 amide bonds. The van der Waals surface area contributed by atoms with Crippen LogP contribution >= 0.6 is 11.3 Å². The zero-order valence-corrected chi connectivity index (χ0v) is 15.3. The van der Waals surface area contributed by atoms with Crippen LogP contribution in [0.3, 0.4) is 0 Å². The Morgan fingerprint density at radius 2 is 2.04 bits per heavy atom. The molecule has 24 heavy (non-hydrogen) atoms. The first kappa shape index (κ1) is 18.1. The number of hydrogen-bond donors (Lipinski definition) is 0. The predicted octanol–water partition coefficient (Wildman–Crippen LogP) is 2.04. The third-order valence-corrected chi connectivity index (χ3v) is 5.07. The fraction of sp³-hybridized carbons (Fsp3) is 0.500. The van der Waals surface area contributed by atoms with Crippen LogP contribution in [0.1, 0.15) is 42.2 Å². The van der Waals surface area contributed by atoms with Crippen LogP contribution < -0.4 is 0 Å². The van der Waals surface area contributed by atoms with E-state index < -0.39 is 0 Å². The van der Waals surface area contributed by atoms with Crippen LogP contribution in [0.5, 0.6) is 0 Å². The monoisotopic (exact) mass is 349 g/mol. The minimum Gasteiger partial charge on any atom is -0.342 e. The average Bonchev–Trinajstić information content (AvgIpc) is 3.25. The van der Waals surface area contributed by atoms with Crippen LogP contribution in [-0.2, 0) is 11.3 Å². The number of carbonyl (C=O) groups excluding carboxylic acids is 2. The molecule has 0 spiro atoms. The zero-order chi connectivity index (χ0) is 17.7. The van der Waals surface area contributed by atoms with Crippen molar-refractivity contribution in [1.29, 1.82) is 0 Å². The highest BCUT2D eigenvalue weighted by atomic mass is 32.1. The van der Waals surface area contributed by atoms with Gasteiger partial charge < -0.3 is 9.80 Å². The molecule has 0 fully saturated rings. The summed E-state index contributed by atoms with van der Waals surface area (Å²) in [5, 5.41) is 9.81. The van der Waals surface area contributed by atoms with Gasteiger partial charge in [0, 0.05) is 25.0 Å². The van der Waals surface area contributed by atoms with E-state index in [9.17, 15) is 9.59 Å². The van der Waals surface area contributed by atoms with Crippen LogP contribution in [-0.4, -0.2) is 56.7 Å². The Labute approximate surface area is 145 Å². The first-order chi connectivity index (χ1) is 11.5. The van der Waals surface area contributed by atoms with Crippen molar-refractivity contribution >= 4 is 23.2 Å². The van der Waals surface area contributed by atoms with Gasteiger partial charge in [-0.1, -0.05) is 11.3 Å². The highest BCUT2D eigenvalue weighted by molar-refractivity contribution is 7.10. The SMILES string of the molecule is CCN(CC)C(=O)Cn1cc(C(=O)N(C)[C@@H](C)c2cccs2)nn1. The van der Waals surface area contributed by atoms with Gasteiger partial charge in [-0.2, -0.15) is 0 Å². The van der Waals surface area contributed by atoms with Crippen molar-refractivity contribution in [2.45, 2.75) is 33.4 Å². The Balaban J connectivity index is 2.04. The van der Waals surface area contributed by atoms with Crippen molar-refractivity contribution in [2.75, 3.05) is 20.1 Å². The van der Waals surface area contributed by atoms with Crippen LogP contribution in [0.15, 0.2) is 23.7 Å². The van der Waals surface area contributed by atoms with Gasteiger partial charge in [-0.25, -0.2) is 4.68 Å². The molecule has 0 aliphatic carbocycles. The molecule has 2 aromatic heterocycles. The van der Waals surface area contributed by atoms with E-state index >= 15 is 0 Å². The van der Waals surface area contributed by atoms with Crippen LogP contribution in [0.2, 0.25) is 0 Å². The van der Waals surface area contributed by atoms with E-state index in [1.807, 2.05) is 38.3 Å². The molecule has 0 saturated carbocycles. The van der Waals surface area contributed by atoms with Crippen molar-refractivity contribution < 1.29 is 9.59 Å². The summed E-state index contributed by atoms with van der Waals surface area (Å²) < 4.78 is 1.41. The first-order valence-corrected chi connectivity index (χ1v) is 8.84. The summed E-state index contributed by atoms with van der Waals surface area (Å²) in [6.07, 6.45) is 1.53. The van der Waals surface area contributed by atoms with Crippen LogP contribution in [0, 0.1) is 0 Å². The lowest BCUT2D eigenvalue weighted by atomic mass is 10.2. The Hall–Kier alpha value is -2.22. The second kappa shape index (κ2) is 8.05. The first-order valence-electron chi connectivity index (χ1n) is 7.96. The molecule has 2 rings (SSSR count). The van der Waals surface area contributed by atoms with Crippen molar-refractivity contribution in [3.63, 3.8) is 0 Å². The maximum atomic E-state index is 12.5. The summed E-state index contributed by atoms with van der Waals surface area (Å²) in [6, 6.07) is 3.92. The zero-order valence-electron chi connectivity index (χ0n) is 14.5. The number of likely N-dealkylation sites (N-methyl/N-ethyl adjacent to an activating group) is 1. The standard InChI is InChI=1S/C16H23N5O2S/c1-5-20(6-2)15(22)11-21-10-13(17-18-21)16(23)19(4)12(3)14-8-7-9-24-14/h7-10,12H,5-6,11H2,1-4H3/t12-/m0/s1. The van der Waals surface area contributed by atoms with Crippen molar-refractivity contribution in [2.24, 2.45) is 0 Å². The highest BCUT2D eigenvalue weighted by Gasteiger charge is 2.22. The summed E-state index contributed by atoms with van der Waals surface area (Å²) in [5.74, 6) is -0.248. The number of thiophene rings is 1. The Bertz CT molecular complexity index is 678. The summed E-state index contributed by atoms with van der Waals surface area (Å²) >= 11 is 1.61.